The number of aliphatic imine (C=N–C) groups is 1. The molecule has 0 bridgehead atoms. The predicted octanol–water partition coefficient (Wildman–Crippen LogP) is 3.51. The van der Waals surface area contributed by atoms with Crippen LogP contribution in [-0.4, -0.2) is 30.2 Å². The third kappa shape index (κ3) is 5.26. The zero-order valence-corrected chi connectivity index (χ0v) is 10.7. The van der Waals surface area contributed by atoms with Gasteiger partial charge in [0.15, 0.2) is 5.17 Å². The molecule has 0 saturated heterocycles. The standard InChI is InChI=1S/C12H22N2S/c1-3-4-5-6-7-8-11-15-12-13-9-10-14(12)2/h8,11H,3-7,9-10H2,1-2H3. The van der Waals surface area contributed by atoms with Crippen LogP contribution in [-0.2, 0) is 0 Å². The topological polar surface area (TPSA) is 15.6 Å². The van der Waals surface area contributed by atoms with Gasteiger partial charge >= 0.3 is 0 Å². The van der Waals surface area contributed by atoms with E-state index in [1.165, 1.54) is 37.3 Å². The maximum atomic E-state index is 4.42. The van der Waals surface area contributed by atoms with Gasteiger partial charge in [0.1, 0.15) is 0 Å². The molecule has 0 atom stereocenters. The summed E-state index contributed by atoms with van der Waals surface area (Å²) < 4.78 is 0. The highest BCUT2D eigenvalue weighted by atomic mass is 32.2. The first-order valence-corrected chi connectivity index (χ1v) is 6.80. The van der Waals surface area contributed by atoms with Crippen LogP contribution in [0.1, 0.15) is 39.0 Å². The summed E-state index contributed by atoms with van der Waals surface area (Å²) in [6.45, 7) is 4.29. The van der Waals surface area contributed by atoms with Gasteiger partial charge in [-0.1, -0.05) is 44.0 Å². The number of nitrogens with zero attached hydrogens (tertiary/aromatic N) is 2. The molecule has 0 aromatic rings. The SMILES string of the molecule is CCCCCCC=CSC1=NCCN1C. The van der Waals surface area contributed by atoms with E-state index in [2.05, 4.69) is 35.3 Å². The first-order chi connectivity index (χ1) is 7.34. The average Bonchev–Trinajstić information content (AvgIpc) is 2.63. The molecule has 1 heterocycles. The Morgan fingerprint density at radius 3 is 2.93 bits per heavy atom. The number of thioether (sulfide) groups is 1. The van der Waals surface area contributed by atoms with Crippen LogP contribution < -0.4 is 0 Å². The van der Waals surface area contributed by atoms with Crippen molar-refractivity contribution in [1.29, 1.82) is 0 Å². The number of unbranched alkanes of at least 4 members (excludes halogenated alkanes) is 4. The molecule has 0 fully saturated rings. The summed E-state index contributed by atoms with van der Waals surface area (Å²) in [4.78, 5) is 6.63. The van der Waals surface area contributed by atoms with Crippen LogP contribution >= 0.6 is 11.8 Å². The maximum Gasteiger partial charge on any atom is 0.163 e. The van der Waals surface area contributed by atoms with E-state index < -0.39 is 0 Å². The minimum Gasteiger partial charge on any atom is -0.352 e. The molecule has 86 valence electrons. The molecule has 0 unspecified atom stereocenters. The van der Waals surface area contributed by atoms with Gasteiger partial charge in [0.2, 0.25) is 0 Å². The maximum absolute atomic E-state index is 4.42. The van der Waals surface area contributed by atoms with Gasteiger partial charge in [-0.05, 0) is 18.2 Å². The zero-order chi connectivity index (χ0) is 10.9. The van der Waals surface area contributed by atoms with Crippen LogP contribution in [0.3, 0.4) is 0 Å². The van der Waals surface area contributed by atoms with Gasteiger partial charge in [-0.25, -0.2) is 0 Å². The fourth-order valence-electron chi connectivity index (χ4n) is 1.51. The smallest absolute Gasteiger partial charge is 0.163 e. The number of hydrogen-bond donors (Lipinski definition) is 0. The Balaban J connectivity index is 2.01. The van der Waals surface area contributed by atoms with E-state index in [0.717, 1.165) is 13.1 Å². The minimum absolute atomic E-state index is 0.961. The van der Waals surface area contributed by atoms with Crippen LogP contribution in [0, 0.1) is 0 Å². The summed E-state index contributed by atoms with van der Waals surface area (Å²) in [5, 5.41) is 3.35. The van der Waals surface area contributed by atoms with E-state index >= 15 is 0 Å². The summed E-state index contributed by atoms with van der Waals surface area (Å²) in [6.07, 6.45) is 8.87. The Morgan fingerprint density at radius 2 is 2.27 bits per heavy atom. The molecular formula is C12H22N2S. The lowest BCUT2D eigenvalue weighted by atomic mass is 10.2. The fourth-order valence-corrected chi connectivity index (χ4v) is 2.30. The van der Waals surface area contributed by atoms with Crippen LogP contribution in [0.5, 0.6) is 0 Å². The van der Waals surface area contributed by atoms with Crippen molar-refractivity contribution in [3.8, 4) is 0 Å². The molecule has 2 nitrogen and oxygen atoms in total. The summed E-state index contributed by atoms with van der Waals surface area (Å²) >= 11 is 1.75. The van der Waals surface area contributed by atoms with Gasteiger partial charge in [-0.3, -0.25) is 4.99 Å². The Hall–Kier alpha value is -0.440. The van der Waals surface area contributed by atoms with E-state index in [4.69, 9.17) is 0 Å². The minimum atomic E-state index is 0.961. The highest BCUT2D eigenvalue weighted by Gasteiger charge is 2.10. The van der Waals surface area contributed by atoms with Gasteiger partial charge in [0.25, 0.3) is 0 Å². The lowest BCUT2D eigenvalue weighted by Gasteiger charge is -2.10. The summed E-state index contributed by atoms with van der Waals surface area (Å²) in [6, 6.07) is 0. The van der Waals surface area contributed by atoms with Crippen LogP contribution in [0.2, 0.25) is 0 Å². The van der Waals surface area contributed by atoms with Crippen LogP contribution in [0.15, 0.2) is 16.5 Å². The van der Waals surface area contributed by atoms with Crippen molar-refractivity contribution in [1.82, 2.24) is 4.90 Å². The summed E-state index contributed by atoms with van der Waals surface area (Å²) in [5.41, 5.74) is 0. The van der Waals surface area contributed by atoms with Crippen molar-refractivity contribution in [2.24, 2.45) is 4.99 Å². The summed E-state index contributed by atoms with van der Waals surface area (Å²) in [5.74, 6) is 0. The molecule has 0 saturated carbocycles. The average molecular weight is 226 g/mol. The van der Waals surface area contributed by atoms with Crippen molar-refractivity contribution in [3.63, 3.8) is 0 Å². The van der Waals surface area contributed by atoms with E-state index in [1.807, 2.05) is 0 Å². The molecule has 15 heavy (non-hydrogen) atoms. The van der Waals surface area contributed by atoms with E-state index in [0.29, 0.717) is 0 Å². The number of allylic oxidation sites excluding steroid dienone is 1. The number of rotatable bonds is 6. The van der Waals surface area contributed by atoms with Crippen molar-refractivity contribution in [2.75, 3.05) is 20.1 Å². The van der Waals surface area contributed by atoms with Crippen molar-refractivity contribution in [3.05, 3.63) is 11.5 Å². The lowest BCUT2D eigenvalue weighted by Crippen LogP contribution is -2.19. The monoisotopic (exact) mass is 226 g/mol. The highest BCUT2D eigenvalue weighted by molar-refractivity contribution is 8.16. The van der Waals surface area contributed by atoms with E-state index in [-0.39, 0.29) is 0 Å². The van der Waals surface area contributed by atoms with Crippen LogP contribution in [0.4, 0.5) is 0 Å². The lowest BCUT2D eigenvalue weighted by molar-refractivity contribution is 0.564. The van der Waals surface area contributed by atoms with Gasteiger partial charge in [-0.15, -0.1) is 0 Å². The van der Waals surface area contributed by atoms with Crippen molar-refractivity contribution in [2.45, 2.75) is 39.0 Å². The highest BCUT2D eigenvalue weighted by Crippen LogP contribution is 2.14. The van der Waals surface area contributed by atoms with Crippen molar-refractivity contribution >= 4 is 16.9 Å². The molecule has 1 rings (SSSR count). The van der Waals surface area contributed by atoms with E-state index in [1.54, 1.807) is 11.8 Å². The molecule has 0 aliphatic carbocycles. The first-order valence-electron chi connectivity index (χ1n) is 5.92. The molecule has 0 radical (unpaired) electrons. The molecule has 0 aromatic heterocycles. The fraction of sp³-hybridized carbons (Fsp3) is 0.750. The molecular weight excluding hydrogens is 204 g/mol. The second-order valence-corrected chi connectivity index (χ2v) is 4.80. The van der Waals surface area contributed by atoms with Gasteiger partial charge in [0.05, 0.1) is 6.54 Å². The Bertz CT molecular complexity index is 224. The second kappa shape index (κ2) is 7.80. The Kier molecular flexibility index (Phi) is 6.57. The number of hydrogen-bond acceptors (Lipinski definition) is 3. The van der Waals surface area contributed by atoms with Gasteiger partial charge in [-0.2, -0.15) is 0 Å². The third-order valence-corrected chi connectivity index (χ3v) is 3.48. The number of likely N-dealkylation sites (N-methyl/N-ethyl adjacent to an activating group) is 1. The zero-order valence-electron chi connectivity index (χ0n) is 9.91. The van der Waals surface area contributed by atoms with Gasteiger partial charge < -0.3 is 4.90 Å². The molecule has 0 aromatic carbocycles. The Labute approximate surface area is 97.8 Å². The second-order valence-electron chi connectivity index (χ2n) is 3.92. The quantitative estimate of drug-likeness (QED) is 0.644. The third-order valence-electron chi connectivity index (χ3n) is 2.50. The largest absolute Gasteiger partial charge is 0.352 e. The molecule has 3 heteroatoms. The molecule has 0 spiro atoms. The predicted molar refractivity (Wildman–Crippen MR) is 70.4 cm³/mol. The molecule has 0 amide bonds. The molecule has 1 aliphatic heterocycles. The summed E-state index contributed by atoms with van der Waals surface area (Å²) in [7, 11) is 2.11. The van der Waals surface area contributed by atoms with Gasteiger partial charge in [0, 0.05) is 13.6 Å². The first kappa shape index (κ1) is 12.6. The Morgan fingerprint density at radius 1 is 1.40 bits per heavy atom. The van der Waals surface area contributed by atoms with Crippen LogP contribution in [0.25, 0.3) is 0 Å². The molecule has 1 aliphatic rings. The number of amidine groups is 1. The normalized spacial score (nSPS) is 16.4. The molecule has 0 N–H and O–H groups in total. The van der Waals surface area contributed by atoms with Crippen molar-refractivity contribution < 1.29 is 0 Å². The van der Waals surface area contributed by atoms with E-state index in [9.17, 15) is 0 Å².